The van der Waals surface area contributed by atoms with E-state index in [9.17, 15) is 0 Å². The largest absolute Gasteiger partial charge is 0.501 e. The van der Waals surface area contributed by atoms with Gasteiger partial charge in [-0.05, 0) is 19.9 Å². The molecule has 70 valence electrons. The molecule has 0 aromatic carbocycles. The minimum absolute atomic E-state index is 0.475. The van der Waals surface area contributed by atoms with Crippen LogP contribution in [0.1, 0.15) is 18.3 Å². The van der Waals surface area contributed by atoms with Crippen molar-refractivity contribution in [2.75, 3.05) is 12.3 Å². The van der Waals surface area contributed by atoms with Crippen LogP contribution >= 0.6 is 0 Å². The summed E-state index contributed by atoms with van der Waals surface area (Å²) in [5, 5.41) is 0. The van der Waals surface area contributed by atoms with Crippen LogP contribution in [0.2, 0.25) is 0 Å². The van der Waals surface area contributed by atoms with Gasteiger partial charge >= 0.3 is 0 Å². The van der Waals surface area contributed by atoms with Crippen molar-refractivity contribution >= 4 is 11.9 Å². The predicted octanol–water partition coefficient (Wildman–Crippen LogP) is 1.37. The molecule has 0 bridgehead atoms. The fourth-order valence-corrected chi connectivity index (χ4v) is 0.843. The summed E-state index contributed by atoms with van der Waals surface area (Å²) in [5.74, 6) is 1.15. The average molecular weight is 179 g/mol. The maximum absolute atomic E-state index is 5.65. The molecule has 0 saturated heterocycles. The molecular formula is C9H13N3O. The van der Waals surface area contributed by atoms with Crippen molar-refractivity contribution in [1.82, 2.24) is 9.97 Å². The number of nitrogens with zero attached hydrogens (tertiary/aromatic N) is 2. The molecule has 4 nitrogen and oxygen atoms in total. The summed E-state index contributed by atoms with van der Waals surface area (Å²) in [5.41, 5.74) is 6.42. The molecule has 0 aliphatic carbocycles. The van der Waals surface area contributed by atoms with Crippen LogP contribution in [-0.4, -0.2) is 16.6 Å². The summed E-state index contributed by atoms with van der Waals surface area (Å²) >= 11 is 0. The molecule has 0 spiro atoms. The standard InChI is InChI=1S/C9H13N3O/c1-3-13-5-4-8-6-11-7(2)12-9(8)10/h4-6H,3H2,1-2H3,(H2,10,11,12)/b5-4+. The molecule has 0 saturated carbocycles. The van der Waals surface area contributed by atoms with E-state index in [1.54, 1.807) is 25.5 Å². The molecule has 0 amide bonds. The van der Waals surface area contributed by atoms with Crippen molar-refractivity contribution in [3.63, 3.8) is 0 Å². The smallest absolute Gasteiger partial charge is 0.134 e. The molecule has 0 atom stereocenters. The van der Waals surface area contributed by atoms with Gasteiger partial charge < -0.3 is 10.5 Å². The van der Waals surface area contributed by atoms with Crippen LogP contribution in [0.15, 0.2) is 12.5 Å². The van der Waals surface area contributed by atoms with E-state index in [0.717, 1.165) is 5.56 Å². The third-order valence-corrected chi connectivity index (χ3v) is 1.48. The summed E-state index contributed by atoms with van der Waals surface area (Å²) in [6.45, 7) is 4.36. The van der Waals surface area contributed by atoms with E-state index in [0.29, 0.717) is 18.2 Å². The Kier molecular flexibility index (Phi) is 3.25. The molecule has 4 heteroatoms. The van der Waals surface area contributed by atoms with E-state index in [1.165, 1.54) is 0 Å². The van der Waals surface area contributed by atoms with Gasteiger partial charge in [0.15, 0.2) is 0 Å². The fourth-order valence-electron chi connectivity index (χ4n) is 0.843. The molecule has 0 aliphatic heterocycles. The highest BCUT2D eigenvalue weighted by Crippen LogP contribution is 2.08. The zero-order chi connectivity index (χ0) is 9.68. The van der Waals surface area contributed by atoms with Crippen molar-refractivity contribution in [2.24, 2.45) is 0 Å². The first kappa shape index (κ1) is 9.51. The number of hydrogen-bond acceptors (Lipinski definition) is 4. The normalized spacial score (nSPS) is 10.6. The van der Waals surface area contributed by atoms with E-state index in [-0.39, 0.29) is 0 Å². The number of hydrogen-bond donors (Lipinski definition) is 1. The maximum Gasteiger partial charge on any atom is 0.134 e. The highest BCUT2D eigenvalue weighted by molar-refractivity contribution is 5.59. The quantitative estimate of drug-likeness (QED) is 0.712. The van der Waals surface area contributed by atoms with E-state index in [1.807, 2.05) is 6.92 Å². The second-order valence-corrected chi connectivity index (χ2v) is 2.52. The van der Waals surface area contributed by atoms with Gasteiger partial charge in [-0.25, -0.2) is 9.97 Å². The molecule has 2 N–H and O–H groups in total. The number of nitrogen functional groups attached to an aromatic ring is 1. The molecule has 1 aromatic heterocycles. The second-order valence-electron chi connectivity index (χ2n) is 2.52. The van der Waals surface area contributed by atoms with E-state index >= 15 is 0 Å². The van der Waals surface area contributed by atoms with Crippen LogP contribution in [0.3, 0.4) is 0 Å². The fraction of sp³-hybridized carbons (Fsp3) is 0.333. The summed E-state index contributed by atoms with van der Waals surface area (Å²) in [7, 11) is 0. The molecule has 1 aromatic rings. The number of rotatable bonds is 3. The van der Waals surface area contributed by atoms with Crippen molar-refractivity contribution < 1.29 is 4.74 Å². The predicted molar refractivity (Wildman–Crippen MR) is 51.8 cm³/mol. The Labute approximate surface area is 77.5 Å². The number of ether oxygens (including phenoxy) is 1. The summed E-state index contributed by atoms with van der Waals surface area (Å²) in [4.78, 5) is 8.03. The molecule has 0 radical (unpaired) electrons. The monoisotopic (exact) mass is 179 g/mol. The minimum atomic E-state index is 0.475. The van der Waals surface area contributed by atoms with Crippen LogP contribution in [0.4, 0.5) is 5.82 Å². The Hall–Kier alpha value is -1.58. The Bertz CT molecular complexity index is 310. The first-order valence-corrected chi connectivity index (χ1v) is 4.11. The number of nitrogens with two attached hydrogens (primary N) is 1. The zero-order valence-corrected chi connectivity index (χ0v) is 7.82. The molecule has 0 unspecified atom stereocenters. The molecule has 0 aliphatic rings. The Morgan fingerprint density at radius 3 is 3.00 bits per heavy atom. The summed E-state index contributed by atoms with van der Waals surface area (Å²) < 4.78 is 5.03. The molecule has 0 fully saturated rings. The van der Waals surface area contributed by atoms with Crippen LogP contribution in [0, 0.1) is 6.92 Å². The number of anilines is 1. The topological polar surface area (TPSA) is 61.0 Å². The number of aryl methyl sites for hydroxylation is 1. The summed E-state index contributed by atoms with van der Waals surface area (Å²) in [6.07, 6.45) is 5.01. The molecular weight excluding hydrogens is 166 g/mol. The van der Waals surface area contributed by atoms with Gasteiger partial charge in [0.25, 0.3) is 0 Å². The first-order chi connectivity index (χ1) is 6.24. The van der Waals surface area contributed by atoms with Gasteiger partial charge in [0.1, 0.15) is 11.6 Å². The maximum atomic E-state index is 5.65. The lowest BCUT2D eigenvalue weighted by Gasteiger charge is -1.99. The lowest BCUT2D eigenvalue weighted by atomic mass is 10.3. The SMILES string of the molecule is CCO/C=C/c1cnc(C)nc1N. The van der Waals surface area contributed by atoms with Crippen molar-refractivity contribution in [2.45, 2.75) is 13.8 Å². The van der Waals surface area contributed by atoms with Crippen LogP contribution in [0.25, 0.3) is 6.08 Å². The van der Waals surface area contributed by atoms with Gasteiger partial charge in [-0.2, -0.15) is 0 Å². The lowest BCUT2D eigenvalue weighted by Crippen LogP contribution is -1.97. The highest BCUT2D eigenvalue weighted by Gasteiger charge is 1.96. The zero-order valence-electron chi connectivity index (χ0n) is 7.82. The number of aromatic nitrogens is 2. The first-order valence-electron chi connectivity index (χ1n) is 4.11. The van der Waals surface area contributed by atoms with Crippen LogP contribution in [0.5, 0.6) is 0 Å². The van der Waals surface area contributed by atoms with E-state index < -0.39 is 0 Å². The molecule has 1 rings (SSSR count). The van der Waals surface area contributed by atoms with E-state index in [2.05, 4.69) is 9.97 Å². The summed E-state index contributed by atoms with van der Waals surface area (Å²) in [6, 6.07) is 0. The van der Waals surface area contributed by atoms with Crippen molar-refractivity contribution in [3.8, 4) is 0 Å². The van der Waals surface area contributed by atoms with Gasteiger partial charge in [-0.3, -0.25) is 0 Å². The Morgan fingerprint density at radius 2 is 2.38 bits per heavy atom. The van der Waals surface area contributed by atoms with Gasteiger partial charge in [0.05, 0.1) is 12.9 Å². The van der Waals surface area contributed by atoms with Gasteiger partial charge in [0.2, 0.25) is 0 Å². The van der Waals surface area contributed by atoms with Crippen LogP contribution in [-0.2, 0) is 4.74 Å². The minimum Gasteiger partial charge on any atom is -0.501 e. The van der Waals surface area contributed by atoms with Crippen molar-refractivity contribution in [3.05, 3.63) is 23.8 Å². The van der Waals surface area contributed by atoms with E-state index in [4.69, 9.17) is 10.5 Å². The Balaban J connectivity index is 2.77. The lowest BCUT2D eigenvalue weighted by molar-refractivity contribution is 0.272. The molecule has 13 heavy (non-hydrogen) atoms. The molecule has 1 heterocycles. The van der Waals surface area contributed by atoms with Gasteiger partial charge in [0, 0.05) is 11.8 Å². The van der Waals surface area contributed by atoms with Gasteiger partial charge in [-0.15, -0.1) is 0 Å². The third-order valence-electron chi connectivity index (χ3n) is 1.48. The van der Waals surface area contributed by atoms with Gasteiger partial charge in [-0.1, -0.05) is 0 Å². The van der Waals surface area contributed by atoms with Crippen LogP contribution < -0.4 is 5.73 Å². The Morgan fingerprint density at radius 1 is 1.62 bits per heavy atom. The van der Waals surface area contributed by atoms with Crippen molar-refractivity contribution in [1.29, 1.82) is 0 Å². The second kappa shape index (κ2) is 4.45. The highest BCUT2D eigenvalue weighted by atomic mass is 16.5. The average Bonchev–Trinajstić information content (AvgIpc) is 2.09. The third kappa shape index (κ3) is 2.74.